The summed E-state index contributed by atoms with van der Waals surface area (Å²) in [7, 11) is 0. The lowest BCUT2D eigenvalue weighted by molar-refractivity contribution is -0.129. The monoisotopic (exact) mass is 481 g/mol. The molecule has 8 heteroatoms. The molecule has 0 spiro atoms. The predicted molar refractivity (Wildman–Crippen MR) is 136 cm³/mol. The SMILES string of the molecule is CCN1CCN(CC(=O)NC(Cc2c[nH]c3ccccc23)C(=O)NCc2ccccc2Cl)CC1. The van der Waals surface area contributed by atoms with Gasteiger partial charge in [0, 0.05) is 61.3 Å². The van der Waals surface area contributed by atoms with Crippen molar-refractivity contribution in [1.82, 2.24) is 25.4 Å². The summed E-state index contributed by atoms with van der Waals surface area (Å²) in [5.41, 5.74) is 2.83. The van der Waals surface area contributed by atoms with Crippen LogP contribution in [-0.4, -0.2) is 71.9 Å². The van der Waals surface area contributed by atoms with Gasteiger partial charge in [0.25, 0.3) is 0 Å². The number of amides is 2. The first-order valence-electron chi connectivity index (χ1n) is 11.8. The zero-order chi connectivity index (χ0) is 23.9. The second kappa shape index (κ2) is 11.5. The molecule has 7 nitrogen and oxygen atoms in total. The van der Waals surface area contributed by atoms with Crippen LogP contribution in [0.5, 0.6) is 0 Å². The highest BCUT2D eigenvalue weighted by Gasteiger charge is 2.25. The summed E-state index contributed by atoms with van der Waals surface area (Å²) in [5.74, 6) is -0.364. The minimum atomic E-state index is -0.689. The molecule has 34 heavy (non-hydrogen) atoms. The molecule has 1 unspecified atom stereocenters. The minimum Gasteiger partial charge on any atom is -0.361 e. The number of fused-ring (bicyclic) bond motifs is 1. The van der Waals surface area contributed by atoms with Crippen molar-refractivity contribution < 1.29 is 9.59 Å². The number of hydrogen-bond donors (Lipinski definition) is 3. The van der Waals surface area contributed by atoms with E-state index < -0.39 is 6.04 Å². The quantitative estimate of drug-likeness (QED) is 0.439. The first-order chi connectivity index (χ1) is 16.5. The first-order valence-corrected chi connectivity index (χ1v) is 12.2. The van der Waals surface area contributed by atoms with E-state index in [1.54, 1.807) is 6.07 Å². The number of halogens is 1. The maximum Gasteiger partial charge on any atom is 0.243 e. The maximum atomic E-state index is 13.2. The van der Waals surface area contributed by atoms with Gasteiger partial charge in [-0.3, -0.25) is 14.5 Å². The van der Waals surface area contributed by atoms with Gasteiger partial charge in [0.1, 0.15) is 6.04 Å². The zero-order valence-electron chi connectivity index (χ0n) is 19.5. The van der Waals surface area contributed by atoms with Crippen LogP contribution in [0.1, 0.15) is 18.1 Å². The molecule has 3 N–H and O–H groups in total. The Kier molecular flexibility index (Phi) is 8.21. The van der Waals surface area contributed by atoms with Gasteiger partial charge in [-0.15, -0.1) is 0 Å². The smallest absolute Gasteiger partial charge is 0.243 e. The van der Waals surface area contributed by atoms with Crippen LogP contribution in [0.3, 0.4) is 0 Å². The van der Waals surface area contributed by atoms with Gasteiger partial charge in [-0.2, -0.15) is 0 Å². The van der Waals surface area contributed by atoms with Crippen LogP contribution in [-0.2, 0) is 22.6 Å². The maximum absolute atomic E-state index is 13.2. The predicted octanol–water partition coefficient (Wildman–Crippen LogP) is 2.80. The molecule has 2 aromatic carbocycles. The van der Waals surface area contributed by atoms with Gasteiger partial charge in [-0.1, -0.05) is 54.9 Å². The van der Waals surface area contributed by atoms with Gasteiger partial charge in [-0.25, -0.2) is 0 Å². The van der Waals surface area contributed by atoms with Crippen molar-refractivity contribution >= 4 is 34.3 Å². The van der Waals surface area contributed by atoms with Crippen LogP contribution < -0.4 is 10.6 Å². The fraction of sp³-hybridized carbons (Fsp3) is 0.385. The van der Waals surface area contributed by atoms with Gasteiger partial charge in [0.05, 0.1) is 6.54 Å². The standard InChI is InChI=1S/C26H32ClN5O2/c1-2-31-11-13-32(14-12-31)18-25(33)30-24(15-20-17-28-23-10-6-4-8-21(20)23)26(34)29-16-19-7-3-5-9-22(19)27/h3-10,17,24,28H,2,11-16,18H2,1H3,(H,29,34)(H,30,33). The Labute approximate surface area is 205 Å². The summed E-state index contributed by atoms with van der Waals surface area (Å²) in [6, 6.07) is 14.7. The molecule has 3 aromatic rings. The topological polar surface area (TPSA) is 80.5 Å². The van der Waals surface area contributed by atoms with E-state index in [1.807, 2.05) is 48.7 Å². The highest BCUT2D eigenvalue weighted by molar-refractivity contribution is 6.31. The Hall–Kier alpha value is -2.87. The molecule has 0 radical (unpaired) electrons. The molecular formula is C26H32ClN5O2. The van der Waals surface area contributed by atoms with E-state index in [0.717, 1.165) is 54.8 Å². The molecule has 1 aromatic heterocycles. The number of hydrogen-bond acceptors (Lipinski definition) is 4. The summed E-state index contributed by atoms with van der Waals surface area (Å²) in [4.78, 5) is 33.9. The molecule has 1 saturated heterocycles. The lowest BCUT2D eigenvalue weighted by Crippen LogP contribution is -2.53. The molecule has 0 aliphatic carbocycles. The number of para-hydroxylation sites is 1. The third-order valence-corrected chi connectivity index (χ3v) is 6.81. The average molecular weight is 482 g/mol. The number of likely N-dealkylation sites (N-methyl/N-ethyl adjacent to an activating group) is 1. The number of nitrogens with zero attached hydrogens (tertiary/aromatic N) is 2. The van der Waals surface area contributed by atoms with Crippen LogP contribution in [0.4, 0.5) is 0 Å². The van der Waals surface area contributed by atoms with Crippen molar-refractivity contribution in [3.63, 3.8) is 0 Å². The van der Waals surface area contributed by atoms with Crippen LogP contribution in [0.2, 0.25) is 5.02 Å². The number of rotatable bonds is 9. The number of carbonyl (C=O) groups excluding carboxylic acids is 2. The molecule has 1 atom stereocenters. The number of aromatic amines is 1. The summed E-state index contributed by atoms with van der Waals surface area (Å²) >= 11 is 6.25. The summed E-state index contributed by atoms with van der Waals surface area (Å²) in [6.07, 6.45) is 2.31. The minimum absolute atomic E-state index is 0.136. The largest absolute Gasteiger partial charge is 0.361 e. The number of piperazine rings is 1. The fourth-order valence-corrected chi connectivity index (χ4v) is 4.59. The summed E-state index contributed by atoms with van der Waals surface area (Å²) < 4.78 is 0. The summed E-state index contributed by atoms with van der Waals surface area (Å²) in [6.45, 7) is 7.40. The molecule has 1 aliphatic heterocycles. The molecular weight excluding hydrogens is 450 g/mol. The Balaban J connectivity index is 1.43. The first kappa shape index (κ1) is 24.3. The Bertz CT molecular complexity index is 1120. The van der Waals surface area contributed by atoms with E-state index in [-0.39, 0.29) is 11.8 Å². The zero-order valence-corrected chi connectivity index (χ0v) is 20.3. The van der Waals surface area contributed by atoms with Crippen LogP contribution in [0, 0.1) is 0 Å². The fourth-order valence-electron chi connectivity index (χ4n) is 4.38. The molecule has 1 fully saturated rings. The average Bonchev–Trinajstić information content (AvgIpc) is 3.26. The van der Waals surface area contributed by atoms with Gasteiger partial charge >= 0.3 is 0 Å². The lowest BCUT2D eigenvalue weighted by atomic mass is 10.0. The van der Waals surface area contributed by atoms with Crippen molar-refractivity contribution in [2.75, 3.05) is 39.3 Å². The Morgan fingerprint density at radius 1 is 1.00 bits per heavy atom. The number of aromatic nitrogens is 1. The second-order valence-electron chi connectivity index (χ2n) is 8.70. The van der Waals surface area contributed by atoms with Crippen LogP contribution >= 0.6 is 11.6 Å². The number of nitrogens with one attached hydrogen (secondary N) is 3. The molecule has 1 aliphatic rings. The van der Waals surface area contributed by atoms with E-state index in [9.17, 15) is 9.59 Å². The molecule has 2 heterocycles. The second-order valence-corrected chi connectivity index (χ2v) is 9.11. The molecule has 180 valence electrons. The van der Waals surface area contributed by atoms with E-state index in [2.05, 4.69) is 32.3 Å². The van der Waals surface area contributed by atoms with Crippen molar-refractivity contribution in [1.29, 1.82) is 0 Å². The van der Waals surface area contributed by atoms with E-state index in [4.69, 9.17) is 11.6 Å². The molecule has 0 bridgehead atoms. The van der Waals surface area contributed by atoms with Crippen molar-refractivity contribution in [2.45, 2.75) is 25.9 Å². The molecule has 0 saturated carbocycles. The van der Waals surface area contributed by atoms with Gasteiger partial charge in [0.15, 0.2) is 0 Å². The van der Waals surface area contributed by atoms with Crippen LogP contribution in [0.15, 0.2) is 54.7 Å². The van der Waals surface area contributed by atoms with Gasteiger partial charge in [0.2, 0.25) is 11.8 Å². The Morgan fingerprint density at radius 3 is 2.47 bits per heavy atom. The number of carbonyl (C=O) groups is 2. The highest BCUT2D eigenvalue weighted by Crippen LogP contribution is 2.19. The van der Waals surface area contributed by atoms with Crippen molar-refractivity contribution in [3.8, 4) is 0 Å². The normalized spacial score (nSPS) is 15.8. The van der Waals surface area contributed by atoms with E-state index in [0.29, 0.717) is 24.5 Å². The third-order valence-electron chi connectivity index (χ3n) is 6.44. The van der Waals surface area contributed by atoms with Crippen LogP contribution in [0.25, 0.3) is 10.9 Å². The molecule has 2 amide bonds. The number of H-pyrrole nitrogens is 1. The lowest BCUT2D eigenvalue weighted by Gasteiger charge is -2.33. The van der Waals surface area contributed by atoms with Crippen molar-refractivity contribution in [2.24, 2.45) is 0 Å². The van der Waals surface area contributed by atoms with Gasteiger partial charge < -0.3 is 20.5 Å². The highest BCUT2D eigenvalue weighted by atomic mass is 35.5. The third kappa shape index (κ3) is 6.17. The summed E-state index contributed by atoms with van der Waals surface area (Å²) in [5, 5.41) is 7.60. The number of benzene rings is 2. The Morgan fingerprint density at radius 2 is 1.71 bits per heavy atom. The van der Waals surface area contributed by atoms with E-state index in [1.165, 1.54) is 0 Å². The molecule has 4 rings (SSSR count). The van der Waals surface area contributed by atoms with Crippen molar-refractivity contribution in [3.05, 3.63) is 70.9 Å². The van der Waals surface area contributed by atoms with E-state index >= 15 is 0 Å². The van der Waals surface area contributed by atoms with Gasteiger partial charge in [-0.05, 0) is 29.8 Å².